The minimum atomic E-state index is -3.92. The number of benzene rings is 2. The summed E-state index contributed by atoms with van der Waals surface area (Å²) in [5, 5.41) is 3.51. The van der Waals surface area contributed by atoms with E-state index >= 15 is 0 Å². The quantitative estimate of drug-likeness (QED) is 0.745. The first-order valence-corrected chi connectivity index (χ1v) is 11.8. The molecule has 0 saturated heterocycles. The van der Waals surface area contributed by atoms with Crippen molar-refractivity contribution in [2.24, 2.45) is 11.8 Å². The average molecular weight is 433 g/mol. The Morgan fingerprint density at radius 3 is 2.55 bits per heavy atom. The topological polar surface area (TPSA) is 66.5 Å². The summed E-state index contributed by atoms with van der Waals surface area (Å²) in [4.78, 5) is 13.0. The van der Waals surface area contributed by atoms with Crippen LogP contribution in [-0.2, 0) is 14.8 Å². The molecule has 0 aromatic heterocycles. The summed E-state index contributed by atoms with van der Waals surface area (Å²) >= 11 is 6.15. The number of carbonyl (C=O) groups excluding carboxylic acids is 1. The molecule has 7 heteroatoms. The molecule has 1 amide bonds. The maximum atomic E-state index is 13.4. The van der Waals surface area contributed by atoms with Gasteiger partial charge < -0.3 is 5.32 Å². The summed E-state index contributed by atoms with van der Waals surface area (Å²) in [6, 6.07) is 13.4. The summed E-state index contributed by atoms with van der Waals surface area (Å²) in [7, 11) is -3.92. The van der Waals surface area contributed by atoms with Gasteiger partial charge in [-0.25, -0.2) is 8.42 Å². The Morgan fingerprint density at radius 2 is 1.90 bits per heavy atom. The lowest BCUT2D eigenvalue weighted by molar-refractivity contribution is -0.120. The van der Waals surface area contributed by atoms with Gasteiger partial charge in [0.2, 0.25) is 5.91 Å². The van der Waals surface area contributed by atoms with E-state index in [0.717, 1.165) is 18.4 Å². The lowest BCUT2D eigenvalue weighted by atomic mass is 9.95. The van der Waals surface area contributed by atoms with Crippen molar-refractivity contribution in [3.05, 3.63) is 59.1 Å². The van der Waals surface area contributed by atoms with Gasteiger partial charge in [0.05, 0.1) is 10.6 Å². The van der Waals surface area contributed by atoms with Crippen LogP contribution in [0.2, 0.25) is 5.02 Å². The van der Waals surface area contributed by atoms with Gasteiger partial charge in [-0.05, 0) is 67.9 Å². The highest BCUT2D eigenvalue weighted by atomic mass is 35.5. The number of nitrogens with zero attached hydrogens (tertiary/aromatic N) is 1. The Kier molecular flexibility index (Phi) is 5.58. The fourth-order valence-electron chi connectivity index (χ4n) is 4.67. The molecule has 2 fully saturated rings. The van der Waals surface area contributed by atoms with Crippen molar-refractivity contribution in [3.8, 4) is 0 Å². The van der Waals surface area contributed by atoms with Crippen LogP contribution in [0.3, 0.4) is 0 Å². The van der Waals surface area contributed by atoms with Crippen molar-refractivity contribution in [2.75, 3.05) is 10.8 Å². The second kappa shape index (κ2) is 8.00. The number of hydrogen-bond donors (Lipinski definition) is 1. The normalized spacial score (nSPS) is 23.2. The number of hydrogen-bond acceptors (Lipinski definition) is 3. The van der Waals surface area contributed by atoms with Crippen LogP contribution in [0.4, 0.5) is 5.69 Å². The maximum Gasteiger partial charge on any atom is 0.264 e. The number of amides is 1. The first-order chi connectivity index (χ1) is 13.8. The Bertz CT molecular complexity index is 1010. The molecule has 154 valence electrons. The zero-order valence-electron chi connectivity index (χ0n) is 16.3. The molecule has 2 bridgehead atoms. The first kappa shape index (κ1) is 20.2. The second-order valence-electron chi connectivity index (χ2n) is 8.10. The molecular weight excluding hydrogens is 408 g/mol. The van der Waals surface area contributed by atoms with Gasteiger partial charge in [-0.3, -0.25) is 9.10 Å². The van der Waals surface area contributed by atoms with E-state index in [1.165, 1.54) is 29.3 Å². The van der Waals surface area contributed by atoms with Crippen LogP contribution < -0.4 is 9.62 Å². The summed E-state index contributed by atoms with van der Waals surface area (Å²) in [6.45, 7) is 1.54. The van der Waals surface area contributed by atoms with E-state index in [0.29, 0.717) is 22.5 Å². The summed E-state index contributed by atoms with van der Waals surface area (Å²) < 4.78 is 28.0. The summed E-state index contributed by atoms with van der Waals surface area (Å²) in [5.74, 6) is 0.946. The average Bonchev–Trinajstić information content (AvgIpc) is 3.32. The summed E-state index contributed by atoms with van der Waals surface area (Å²) in [5.41, 5.74) is 1.16. The Morgan fingerprint density at radius 1 is 1.14 bits per heavy atom. The molecule has 0 unspecified atom stereocenters. The largest absolute Gasteiger partial charge is 0.352 e. The molecule has 0 aliphatic heterocycles. The van der Waals surface area contributed by atoms with Crippen molar-refractivity contribution >= 4 is 33.2 Å². The number of rotatable bonds is 6. The van der Waals surface area contributed by atoms with Crippen molar-refractivity contribution in [3.63, 3.8) is 0 Å². The van der Waals surface area contributed by atoms with Crippen LogP contribution in [-0.4, -0.2) is 26.9 Å². The fraction of sp³-hybridized carbons (Fsp3) is 0.409. The van der Waals surface area contributed by atoms with E-state index in [-0.39, 0.29) is 23.4 Å². The number of sulfonamides is 1. The van der Waals surface area contributed by atoms with Crippen molar-refractivity contribution in [1.82, 2.24) is 5.32 Å². The van der Waals surface area contributed by atoms with Crippen LogP contribution in [0.5, 0.6) is 0 Å². The van der Waals surface area contributed by atoms with Gasteiger partial charge in [-0.15, -0.1) is 0 Å². The predicted octanol–water partition coefficient (Wildman–Crippen LogP) is 4.15. The monoisotopic (exact) mass is 432 g/mol. The molecule has 2 aliphatic rings. The van der Waals surface area contributed by atoms with Gasteiger partial charge in [-0.2, -0.15) is 0 Å². The second-order valence-corrected chi connectivity index (χ2v) is 10.4. The molecular formula is C22H25ClN2O3S. The minimum Gasteiger partial charge on any atom is -0.352 e. The lowest BCUT2D eigenvalue weighted by Gasteiger charge is -2.28. The Hall–Kier alpha value is -2.05. The highest BCUT2D eigenvalue weighted by Gasteiger charge is 2.40. The molecule has 4 rings (SSSR count). The lowest BCUT2D eigenvalue weighted by Crippen LogP contribution is -2.46. The van der Waals surface area contributed by atoms with E-state index in [1.807, 2.05) is 6.92 Å². The van der Waals surface area contributed by atoms with E-state index in [2.05, 4.69) is 5.32 Å². The van der Waals surface area contributed by atoms with E-state index in [4.69, 9.17) is 11.6 Å². The van der Waals surface area contributed by atoms with Crippen LogP contribution in [0.15, 0.2) is 53.4 Å². The third-order valence-corrected chi connectivity index (χ3v) is 8.15. The smallest absolute Gasteiger partial charge is 0.264 e. The predicted molar refractivity (Wildman–Crippen MR) is 115 cm³/mol. The highest BCUT2D eigenvalue weighted by molar-refractivity contribution is 7.92. The SMILES string of the molecule is Cc1ccc(Cl)cc1N(CC(=O)N[C@@H]1C[C@@H]2CC[C@H]1C2)S(=O)(=O)c1ccccc1. The standard InChI is InChI=1S/C22H25ClN2O3S/c1-15-7-10-18(23)13-21(15)25(29(27,28)19-5-3-2-4-6-19)14-22(26)24-20-12-16-8-9-17(20)11-16/h2-7,10,13,16-17,20H,8-9,11-12,14H2,1H3,(H,24,26)/t16-,17+,20-/m1/s1. The maximum absolute atomic E-state index is 13.4. The number of carbonyl (C=O) groups is 1. The number of nitrogens with one attached hydrogen (secondary N) is 1. The third-order valence-electron chi connectivity index (χ3n) is 6.14. The summed E-state index contributed by atoms with van der Waals surface area (Å²) in [6.07, 6.45) is 4.56. The fourth-order valence-corrected chi connectivity index (χ4v) is 6.34. The Balaban J connectivity index is 1.63. The third kappa shape index (κ3) is 4.14. The van der Waals surface area contributed by atoms with Gasteiger partial charge in [0.25, 0.3) is 10.0 Å². The van der Waals surface area contributed by atoms with E-state index in [1.54, 1.807) is 36.4 Å². The van der Waals surface area contributed by atoms with Gasteiger partial charge in [0, 0.05) is 11.1 Å². The molecule has 0 spiro atoms. The molecule has 3 atom stereocenters. The Labute approximate surface area is 177 Å². The molecule has 29 heavy (non-hydrogen) atoms. The van der Waals surface area contributed by atoms with Crippen molar-refractivity contribution < 1.29 is 13.2 Å². The number of halogens is 1. The minimum absolute atomic E-state index is 0.145. The van der Waals surface area contributed by atoms with Crippen LogP contribution >= 0.6 is 11.6 Å². The molecule has 2 saturated carbocycles. The zero-order chi connectivity index (χ0) is 20.6. The zero-order valence-corrected chi connectivity index (χ0v) is 17.9. The van der Waals surface area contributed by atoms with E-state index in [9.17, 15) is 13.2 Å². The van der Waals surface area contributed by atoms with Gasteiger partial charge in [0.1, 0.15) is 6.54 Å². The molecule has 0 radical (unpaired) electrons. The molecule has 2 aliphatic carbocycles. The van der Waals surface area contributed by atoms with E-state index < -0.39 is 10.0 Å². The molecule has 1 N–H and O–H groups in total. The number of anilines is 1. The molecule has 0 heterocycles. The van der Waals surface area contributed by atoms with Crippen molar-refractivity contribution in [2.45, 2.75) is 43.5 Å². The molecule has 2 aromatic rings. The highest BCUT2D eigenvalue weighted by Crippen LogP contribution is 2.44. The van der Waals surface area contributed by atoms with Gasteiger partial charge in [-0.1, -0.05) is 42.3 Å². The van der Waals surface area contributed by atoms with Crippen molar-refractivity contribution in [1.29, 1.82) is 0 Å². The van der Waals surface area contributed by atoms with Crippen LogP contribution in [0.25, 0.3) is 0 Å². The van der Waals surface area contributed by atoms with Crippen LogP contribution in [0, 0.1) is 18.8 Å². The first-order valence-electron chi connectivity index (χ1n) is 9.98. The van der Waals surface area contributed by atoms with Crippen LogP contribution in [0.1, 0.15) is 31.2 Å². The van der Waals surface area contributed by atoms with Gasteiger partial charge >= 0.3 is 0 Å². The number of fused-ring (bicyclic) bond motifs is 2. The van der Waals surface area contributed by atoms with Gasteiger partial charge in [0.15, 0.2) is 0 Å². The number of aryl methyl sites for hydroxylation is 1. The molecule has 2 aromatic carbocycles. The molecule has 5 nitrogen and oxygen atoms in total.